The summed E-state index contributed by atoms with van der Waals surface area (Å²) >= 11 is 4.74. The van der Waals surface area contributed by atoms with Crippen molar-refractivity contribution in [1.82, 2.24) is 10.2 Å². The highest BCUT2D eigenvalue weighted by Gasteiger charge is 2.03. The zero-order chi connectivity index (χ0) is 9.97. The van der Waals surface area contributed by atoms with Gasteiger partial charge < -0.3 is 4.42 Å². The summed E-state index contributed by atoms with van der Waals surface area (Å²) in [6, 6.07) is 9.01. The Kier molecular flexibility index (Phi) is 2.13. The fraction of sp³-hybridized carbons (Fsp3) is 0. The third-order valence-corrected chi connectivity index (χ3v) is 1.85. The number of hydrogen-bond donors (Lipinski definition) is 1. The Labute approximate surface area is 84.8 Å². The summed E-state index contributed by atoms with van der Waals surface area (Å²) < 4.78 is 5.11. The summed E-state index contributed by atoms with van der Waals surface area (Å²) in [7, 11) is 0. The highest BCUT2D eigenvalue weighted by atomic mass is 32.1. The molecule has 0 radical (unpaired) electrons. The van der Waals surface area contributed by atoms with E-state index < -0.39 is 0 Å². The molecule has 0 unspecified atom stereocenters. The van der Waals surface area contributed by atoms with Gasteiger partial charge in [-0.05, 0) is 30.4 Å². The van der Waals surface area contributed by atoms with Gasteiger partial charge in [-0.3, -0.25) is 0 Å². The molecule has 14 heavy (non-hydrogen) atoms. The molecule has 1 aromatic heterocycles. The van der Waals surface area contributed by atoms with Crippen LogP contribution in [0.15, 0.2) is 28.7 Å². The van der Waals surface area contributed by atoms with Crippen LogP contribution in [0.25, 0.3) is 11.5 Å². The van der Waals surface area contributed by atoms with Gasteiger partial charge in [0.15, 0.2) is 0 Å². The first-order chi connectivity index (χ1) is 6.79. The molecule has 0 aliphatic carbocycles. The number of aromatic nitrogens is 2. The number of nitrogens with one attached hydrogen (secondary N) is 1. The second-order valence-electron chi connectivity index (χ2n) is 2.61. The molecule has 2 aromatic rings. The summed E-state index contributed by atoms with van der Waals surface area (Å²) in [6.45, 7) is 0. The number of nitriles is 1. The second-order valence-corrected chi connectivity index (χ2v) is 2.98. The normalized spacial score (nSPS) is 9.64. The van der Waals surface area contributed by atoms with Crippen LogP contribution in [-0.4, -0.2) is 10.2 Å². The first-order valence-corrected chi connectivity index (χ1v) is 4.26. The van der Waals surface area contributed by atoms with E-state index in [9.17, 15) is 0 Å². The van der Waals surface area contributed by atoms with E-state index in [0.717, 1.165) is 5.56 Å². The van der Waals surface area contributed by atoms with Gasteiger partial charge in [-0.1, -0.05) is 6.07 Å². The van der Waals surface area contributed by atoms with Gasteiger partial charge >= 0.3 is 0 Å². The molecule has 0 saturated carbocycles. The van der Waals surface area contributed by atoms with Crippen LogP contribution in [0.2, 0.25) is 0 Å². The fourth-order valence-corrected chi connectivity index (χ4v) is 1.20. The summed E-state index contributed by atoms with van der Waals surface area (Å²) in [4.78, 5) is 0.224. The third-order valence-electron chi connectivity index (χ3n) is 1.68. The lowest BCUT2D eigenvalue weighted by molar-refractivity contribution is 0.552. The predicted octanol–water partition coefficient (Wildman–Crippen LogP) is 2.27. The number of rotatable bonds is 1. The van der Waals surface area contributed by atoms with Gasteiger partial charge in [-0.15, -0.1) is 5.10 Å². The van der Waals surface area contributed by atoms with Gasteiger partial charge in [0, 0.05) is 5.56 Å². The Morgan fingerprint density at radius 1 is 1.50 bits per heavy atom. The zero-order valence-electron chi connectivity index (χ0n) is 7.02. The minimum absolute atomic E-state index is 0.224. The first-order valence-electron chi connectivity index (χ1n) is 3.85. The predicted molar refractivity (Wildman–Crippen MR) is 51.8 cm³/mol. The lowest BCUT2D eigenvalue weighted by Gasteiger charge is -1.93. The molecule has 4 nitrogen and oxygen atoms in total. The van der Waals surface area contributed by atoms with Gasteiger partial charge in [-0.2, -0.15) is 5.26 Å². The second kappa shape index (κ2) is 3.44. The SMILES string of the molecule is N#Cc1cccc(-c2n[nH]c(=S)o2)c1. The molecule has 0 amide bonds. The van der Waals surface area contributed by atoms with E-state index in [4.69, 9.17) is 21.9 Å². The van der Waals surface area contributed by atoms with Crippen LogP contribution >= 0.6 is 12.2 Å². The van der Waals surface area contributed by atoms with Crippen LogP contribution in [0.5, 0.6) is 0 Å². The zero-order valence-corrected chi connectivity index (χ0v) is 7.84. The molecule has 1 N–H and O–H groups in total. The average molecular weight is 203 g/mol. The van der Waals surface area contributed by atoms with E-state index in [-0.39, 0.29) is 4.84 Å². The van der Waals surface area contributed by atoms with E-state index in [0.29, 0.717) is 11.5 Å². The number of hydrogen-bond acceptors (Lipinski definition) is 4. The third kappa shape index (κ3) is 1.56. The van der Waals surface area contributed by atoms with Crippen molar-refractivity contribution in [2.24, 2.45) is 0 Å². The Morgan fingerprint density at radius 3 is 3.00 bits per heavy atom. The van der Waals surface area contributed by atoms with Crippen molar-refractivity contribution in [2.45, 2.75) is 0 Å². The summed E-state index contributed by atoms with van der Waals surface area (Å²) in [6.07, 6.45) is 0. The minimum Gasteiger partial charge on any atom is -0.409 e. The maximum Gasteiger partial charge on any atom is 0.284 e. The quantitative estimate of drug-likeness (QED) is 0.722. The number of nitrogens with zero attached hydrogens (tertiary/aromatic N) is 2. The van der Waals surface area contributed by atoms with Gasteiger partial charge in [0.1, 0.15) is 0 Å². The molecular weight excluding hydrogens is 198 g/mol. The molecular formula is C9H5N3OS. The van der Waals surface area contributed by atoms with Crippen LogP contribution in [0.4, 0.5) is 0 Å². The molecule has 0 aliphatic rings. The first kappa shape index (κ1) is 8.66. The number of H-pyrrole nitrogens is 1. The number of aromatic amines is 1. The van der Waals surface area contributed by atoms with Gasteiger partial charge in [-0.25, -0.2) is 5.10 Å². The molecule has 0 spiro atoms. The fourth-order valence-electron chi connectivity index (χ4n) is 1.08. The van der Waals surface area contributed by atoms with Crippen molar-refractivity contribution in [3.63, 3.8) is 0 Å². The van der Waals surface area contributed by atoms with Crippen molar-refractivity contribution >= 4 is 12.2 Å². The van der Waals surface area contributed by atoms with Crippen molar-refractivity contribution in [1.29, 1.82) is 5.26 Å². The highest BCUT2D eigenvalue weighted by molar-refractivity contribution is 7.71. The van der Waals surface area contributed by atoms with Crippen molar-refractivity contribution in [2.75, 3.05) is 0 Å². The molecule has 1 heterocycles. The highest BCUT2D eigenvalue weighted by Crippen LogP contribution is 2.17. The Bertz CT molecular complexity index is 549. The Hall–Kier alpha value is -1.93. The molecule has 0 aliphatic heterocycles. The van der Waals surface area contributed by atoms with E-state index in [1.54, 1.807) is 24.3 Å². The summed E-state index contributed by atoms with van der Waals surface area (Å²) in [5.74, 6) is 0.395. The summed E-state index contributed by atoms with van der Waals surface area (Å²) in [5.41, 5.74) is 1.29. The van der Waals surface area contributed by atoms with Crippen LogP contribution in [-0.2, 0) is 0 Å². The monoisotopic (exact) mass is 203 g/mol. The van der Waals surface area contributed by atoms with Crippen molar-refractivity contribution < 1.29 is 4.42 Å². The van der Waals surface area contributed by atoms with Gasteiger partial charge in [0.25, 0.3) is 4.84 Å². The van der Waals surface area contributed by atoms with E-state index in [2.05, 4.69) is 10.2 Å². The maximum absolute atomic E-state index is 8.68. The lowest BCUT2D eigenvalue weighted by Crippen LogP contribution is -1.79. The van der Waals surface area contributed by atoms with E-state index in [1.165, 1.54) is 0 Å². The molecule has 5 heteroatoms. The summed E-state index contributed by atoms with van der Waals surface area (Å²) in [5, 5.41) is 15.1. The molecule has 68 valence electrons. The van der Waals surface area contributed by atoms with Crippen molar-refractivity contribution in [3.8, 4) is 17.5 Å². The van der Waals surface area contributed by atoms with Crippen LogP contribution < -0.4 is 0 Å². The van der Waals surface area contributed by atoms with Crippen molar-refractivity contribution in [3.05, 3.63) is 34.7 Å². The molecule has 0 saturated heterocycles. The largest absolute Gasteiger partial charge is 0.409 e. The lowest BCUT2D eigenvalue weighted by atomic mass is 10.1. The molecule has 0 bridgehead atoms. The van der Waals surface area contributed by atoms with Gasteiger partial charge in [0.2, 0.25) is 5.89 Å². The van der Waals surface area contributed by atoms with Crippen LogP contribution in [0.3, 0.4) is 0 Å². The van der Waals surface area contributed by atoms with Gasteiger partial charge in [0.05, 0.1) is 11.6 Å². The Morgan fingerprint density at radius 2 is 2.36 bits per heavy atom. The minimum atomic E-state index is 0.224. The smallest absolute Gasteiger partial charge is 0.284 e. The van der Waals surface area contributed by atoms with Crippen LogP contribution in [0, 0.1) is 16.2 Å². The maximum atomic E-state index is 8.68. The molecule has 0 fully saturated rings. The average Bonchev–Trinajstić information content (AvgIpc) is 2.65. The van der Waals surface area contributed by atoms with E-state index in [1.807, 2.05) is 6.07 Å². The number of benzene rings is 1. The molecule has 1 aromatic carbocycles. The molecule has 2 rings (SSSR count). The topological polar surface area (TPSA) is 65.6 Å². The van der Waals surface area contributed by atoms with Crippen LogP contribution in [0.1, 0.15) is 5.56 Å². The van der Waals surface area contributed by atoms with E-state index >= 15 is 0 Å². The molecule has 0 atom stereocenters. The Balaban J connectivity index is 2.53. The standard InChI is InChI=1S/C9H5N3OS/c10-5-6-2-1-3-7(4-6)8-11-12-9(14)13-8/h1-4H,(H,12,14).